The van der Waals surface area contributed by atoms with E-state index in [1.54, 1.807) is 6.08 Å². The number of hydrogen-bond acceptors (Lipinski definition) is 3. The molecule has 2 aromatic rings. The Kier molecular flexibility index (Phi) is 3.84. The van der Waals surface area contributed by atoms with Crippen molar-refractivity contribution >= 4 is 22.6 Å². The summed E-state index contributed by atoms with van der Waals surface area (Å²) >= 11 is 0. The molecule has 1 aliphatic rings. The third kappa shape index (κ3) is 2.27. The number of aryl methyl sites for hydroxylation is 2. The predicted octanol–water partition coefficient (Wildman–Crippen LogP) is 2.86. The number of aliphatic hydroxyl groups is 1. The van der Waals surface area contributed by atoms with Crippen molar-refractivity contribution in [1.82, 2.24) is 9.55 Å². The lowest BCUT2D eigenvalue weighted by molar-refractivity contribution is 0.100. The van der Waals surface area contributed by atoms with E-state index < -0.39 is 12.0 Å². The molecule has 0 bridgehead atoms. The van der Waals surface area contributed by atoms with Gasteiger partial charge in [-0.2, -0.15) is 0 Å². The number of nitrogens with two attached hydrogens (primary N) is 1. The van der Waals surface area contributed by atoms with E-state index in [1.807, 2.05) is 51.3 Å². The summed E-state index contributed by atoms with van der Waals surface area (Å²) in [7, 11) is 0. The van der Waals surface area contributed by atoms with Crippen LogP contribution in [0.25, 0.3) is 16.7 Å². The van der Waals surface area contributed by atoms with E-state index >= 15 is 0 Å². The average molecular weight is 325 g/mol. The second-order valence-electron chi connectivity index (χ2n) is 6.63. The maximum atomic E-state index is 12.1. The molecule has 3 N–H and O–H groups in total. The second-order valence-corrected chi connectivity index (χ2v) is 6.63. The molecule has 126 valence electrons. The molecule has 0 saturated heterocycles. The van der Waals surface area contributed by atoms with Crippen molar-refractivity contribution in [2.75, 3.05) is 0 Å². The van der Waals surface area contributed by atoms with Crippen LogP contribution < -0.4 is 5.73 Å². The number of aromatic nitrogens is 2. The molecule has 2 atom stereocenters. The van der Waals surface area contributed by atoms with Gasteiger partial charge < -0.3 is 15.4 Å². The molecule has 24 heavy (non-hydrogen) atoms. The van der Waals surface area contributed by atoms with Crippen LogP contribution in [0, 0.1) is 26.7 Å². The van der Waals surface area contributed by atoms with Gasteiger partial charge in [0.2, 0.25) is 0 Å². The first kappa shape index (κ1) is 16.5. The monoisotopic (exact) mass is 325 g/mol. The highest BCUT2D eigenvalue weighted by atomic mass is 16.3. The van der Waals surface area contributed by atoms with Gasteiger partial charge in [0.05, 0.1) is 11.7 Å². The molecule has 0 radical (unpaired) electrons. The fourth-order valence-electron chi connectivity index (χ4n) is 3.51. The molecule has 1 amide bonds. The zero-order chi connectivity index (χ0) is 17.8. The SMILES string of the molecule is CC1=C(n2c(C)c(C(N)=O)c3cc(C)c(C)nc32)C(C)C(O)C=C1. The number of fused-ring (bicyclic) bond motifs is 1. The first-order valence-corrected chi connectivity index (χ1v) is 8.10. The zero-order valence-corrected chi connectivity index (χ0v) is 14.7. The molecule has 5 nitrogen and oxygen atoms in total. The lowest BCUT2D eigenvalue weighted by atomic mass is 9.91. The van der Waals surface area contributed by atoms with E-state index in [0.717, 1.165) is 33.6 Å². The molecule has 3 rings (SSSR count). The fraction of sp³-hybridized carbons (Fsp3) is 0.368. The third-order valence-corrected chi connectivity index (χ3v) is 5.00. The molecule has 2 unspecified atom stereocenters. The Morgan fingerprint density at radius 1 is 1.29 bits per heavy atom. The van der Waals surface area contributed by atoms with Gasteiger partial charge >= 0.3 is 0 Å². The number of amides is 1. The molecule has 0 aromatic carbocycles. The van der Waals surface area contributed by atoms with Crippen LogP contribution >= 0.6 is 0 Å². The van der Waals surface area contributed by atoms with Gasteiger partial charge in [-0.25, -0.2) is 4.98 Å². The second kappa shape index (κ2) is 5.60. The van der Waals surface area contributed by atoms with Crippen molar-refractivity contribution in [2.24, 2.45) is 11.7 Å². The van der Waals surface area contributed by atoms with E-state index in [2.05, 4.69) is 0 Å². The topological polar surface area (TPSA) is 81.1 Å². The number of primary amides is 1. The highest BCUT2D eigenvalue weighted by Crippen LogP contribution is 2.36. The summed E-state index contributed by atoms with van der Waals surface area (Å²) in [6.45, 7) is 9.78. The van der Waals surface area contributed by atoms with E-state index in [-0.39, 0.29) is 5.92 Å². The van der Waals surface area contributed by atoms with Crippen LogP contribution in [0.3, 0.4) is 0 Å². The van der Waals surface area contributed by atoms with Crippen molar-refractivity contribution in [3.8, 4) is 0 Å². The molecule has 0 saturated carbocycles. The van der Waals surface area contributed by atoms with Crippen LogP contribution in [0.15, 0.2) is 23.8 Å². The van der Waals surface area contributed by atoms with Gasteiger partial charge in [-0.3, -0.25) is 4.79 Å². The Bertz CT molecular complexity index is 919. The molecular weight excluding hydrogens is 302 g/mol. The van der Waals surface area contributed by atoms with E-state index in [0.29, 0.717) is 11.2 Å². The molecule has 0 fully saturated rings. The standard InChI is InChI=1S/C19H23N3O2/c1-9-6-7-15(23)11(3)17(9)22-13(5)16(18(20)24)14-8-10(2)12(4)21-19(14)22/h6-8,11,15,23H,1-5H3,(H2,20,24). The van der Waals surface area contributed by atoms with Crippen LogP contribution in [-0.2, 0) is 0 Å². The molecule has 2 aromatic heterocycles. The lowest BCUT2D eigenvalue weighted by Gasteiger charge is -2.27. The minimum Gasteiger partial charge on any atom is -0.388 e. The Morgan fingerprint density at radius 2 is 1.96 bits per heavy atom. The van der Waals surface area contributed by atoms with Crippen LogP contribution in [-0.4, -0.2) is 26.7 Å². The number of pyridine rings is 1. The van der Waals surface area contributed by atoms with Crippen molar-refractivity contribution in [2.45, 2.75) is 40.7 Å². The first-order valence-electron chi connectivity index (χ1n) is 8.10. The van der Waals surface area contributed by atoms with Crippen molar-refractivity contribution in [3.05, 3.63) is 46.3 Å². The third-order valence-electron chi connectivity index (χ3n) is 5.00. The predicted molar refractivity (Wildman–Crippen MR) is 95.7 cm³/mol. The molecule has 5 heteroatoms. The molecular formula is C19H23N3O2. The van der Waals surface area contributed by atoms with E-state index in [1.165, 1.54) is 0 Å². The number of carbonyl (C=O) groups excluding carboxylic acids is 1. The number of aliphatic hydroxyl groups excluding tert-OH is 1. The molecule has 1 aliphatic carbocycles. The summed E-state index contributed by atoms with van der Waals surface area (Å²) in [4.78, 5) is 16.8. The maximum absolute atomic E-state index is 12.1. The van der Waals surface area contributed by atoms with Crippen LogP contribution in [0.2, 0.25) is 0 Å². The van der Waals surface area contributed by atoms with Gasteiger partial charge in [0.1, 0.15) is 5.65 Å². The fourth-order valence-corrected chi connectivity index (χ4v) is 3.51. The number of nitrogens with zero attached hydrogens (tertiary/aromatic N) is 2. The molecule has 0 spiro atoms. The Morgan fingerprint density at radius 3 is 2.58 bits per heavy atom. The summed E-state index contributed by atoms with van der Waals surface area (Å²) in [6, 6.07) is 1.97. The minimum absolute atomic E-state index is 0.103. The summed E-state index contributed by atoms with van der Waals surface area (Å²) in [5.74, 6) is -0.562. The normalized spacial score (nSPS) is 20.9. The summed E-state index contributed by atoms with van der Waals surface area (Å²) in [5.41, 5.74) is 11.6. The minimum atomic E-state index is -0.566. The quantitative estimate of drug-likeness (QED) is 0.891. The largest absolute Gasteiger partial charge is 0.388 e. The van der Waals surface area contributed by atoms with Gasteiger partial charge in [-0.1, -0.05) is 19.1 Å². The average Bonchev–Trinajstić information content (AvgIpc) is 2.77. The Labute approximate surface area is 141 Å². The highest BCUT2D eigenvalue weighted by Gasteiger charge is 2.28. The summed E-state index contributed by atoms with van der Waals surface area (Å²) < 4.78 is 1.98. The summed E-state index contributed by atoms with van der Waals surface area (Å²) in [5, 5.41) is 11.0. The van der Waals surface area contributed by atoms with Gasteiger partial charge in [-0.15, -0.1) is 0 Å². The Hall–Kier alpha value is -2.40. The van der Waals surface area contributed by atoms with E-state index in [4.69, 9.17) is 10.7 Å². The van der Waals surface area contributed by atoms with Crippen molar-refractivity contribution < 1.29 is 9.90 Å². The number of hydrogen-bond donors (Lipinski definition) is 2. The van der Waals surface area contributed by atoms with Crippen LogP contribution in [0.4, 0.5) is 0 Å². The molecule has 2 heterocycles. The number of allylic oxidation sites excluding steroid dienone is 2. The van der Waals surface area contributed by atoms with Gasteiger partial charge in [0.25, 0.3) is 5.91 Å². The van der Waals surface area contributed by atoms with Crippen LogP contribution in [0.5, 0.6) is 0 Å². The lowest BCUT2D eigenvalue weighted by Crippen LogP contribution is -2.24. The Balaban J connectivity index is 2.45. The summed E-state index contributed by atoms with van der Waals surface area (Å²) in [6.07, 6.45) is 3.14. The van der Waals surface area contributed by atoms with Crippen LogP contribution in [0.1, 0.15) is 41.2 Å². The van der Waals surface area contributed by atoms with Gasteiger partial charge in [-0.05, 0) is 44.9 Å². The van der Waals surface area contributed by atoms with Crippen molar-refractivity contribution in [3.63, 3.8) is 0 Å². The highest BCUT2D eigenvalue weighted by molar-refractivity contribution is 6.08. The van der Waals surface area contributed by atoms with Gasteiger partial charge in [0.15, 0.2) is 0 Å². The zero-order valence-electron chi connectivity index (χ0n) is 14.7. The smallest absolute Gasteiger partial charge is 0.251 e. The van der Waals surface area contributed by atoms with Crippen molar-refractivity contribution in [1.29, 1.82) is 0 Å². The number of carbonyl (C=O) groups is 1. The van der Waals surface area contributed by atoms with E-state index in [9.17, 15) is 9.90 Å². The first-order chi connectivity index (χ1) is 11.2. The number of rotatable bonds is 2. The molecule has 0 aliphatic heterocycles. The van der Waals surface area contributed by atoms with Gasteiger partial charge in [0, 0.05) is 28.4 Å². The maximum Gasteiger partial charge on any atom is 0.251 e.